The second-order valence-corrected chi connectivity index (χ2v) is 7.59. The quantitative estimate of drug-likeness (QED) is 0.872. The first-order chi connectivity index (χ1) is 10.1. The summed E-state index contributed by atoms with van der Waals surface area (Å²) in [4.78, 5) is 0. The average Bonchev–Trinajstić information content (AvgIpc) is 2.50. The van der Waals surface area contributed by atoms with Gasteiger partial charge < -0.3 is 10.5 Å². The van der Waals surface area contributed by atoms with E-state index < -0.39 is 10.8 Å². The van der Waals surface area contributed by atoms with E-state index in [1.54, 1.807) is 0 Å². The topological polar surface area (TPSA) is 52.3 Å². The summed E-state index contributed by atoms with van der Waals surface area (Å²) in [6.07, 6.45) is 5.92. The summed E-state index contributed by atoms with van der Waals surface area (Å²) in [5.74, 6) is 1.44. The maximum Gasteiger partial charge on any atom is 0.123 e. The number of hydrogen-bond donors (Lipinski definition) is 1. The van der Waals surface area contributed by atoms with Crippen molar-refractivity contribution in [2.24, 2.45) is 5.73 Å². The number of nitrogens with two attached hydrogens (primary N) is 1. The minimum absolute atomic E-state index is 0.0115. The number of rotatable bonds is 6. The molecule has 1 aliphatic rings. The smallest absolute Gasteiger partial charge is 0.123 e. The Morgan fingerprint density at radius 1 is 1.33 bits per heavy atom. The minimum atomic E-state index is -0.814. The highest BCUT2D eigenvalue weighted by Crippen LogP contribution is 2.28. The van der Waals surface area contributed by atoms with Crippen LogP contribution in [-0.2, 0) is 16.6 Å². The molecule has 0 radical (unpaired) electrons. The van der Waals surface area contributed by atoms with E-state index in [2.05, 4.69) is 6.07 Å². The lowest BCUT2D eigenvalue weighted by atomic mass is 10.0. The highest BCUT2D eigenvalue weighted by molar-refractivity contribution is 7.84. The van der Waals surface area contributed by atoms with Gasteiger partial charge in [0, 0.05) is 27.7 Å². The maximum atomic E-state index is 12.6. The van der Waals surface area contributed by atoms with Crippen LogP contribution in [0.4, 0.5) is 0 Å². The number of benzene rings is 1. The zero-order valence-corrected chi connectivity index (χ0v) is 14.0. The molecular weight excluding hydrogens is 282 g/mol. The predicted octanol–water partition coefficient (Wildman–Crippen LogP) is 3.69. The Hall–Kier alpha value is -0.870. The Kier molecular flexibility index (Phi) is 6.24. The van der Waals surface area contributed by atoms with E-state index in [0.29, 0.717) is 17.6 Å². The summed E-state index contributed by atoms with van der Waals surface area (Å²) in [7, 11) is -0.814. The van der Waals surface area contributed by atoms with Gasteiger partial charge in [0.25, 0.3) is 0 Å². The molecule has 1 aromatic rings. The third-order valence-corrected chi connectivity index (χ3v) is 5.94. The molecule has 1 aliphatic carbocycles. The lowest BCUT2D eigenvalue weighted by molar-refractivity contribution is 0.337. The van der Waals surface area contributed by atoms with Crippen LogP contribution in [0.5, 0.6) is 5.75 Å². The molecule has 118 valence electrons. The van der Waals surface area contributed by atoms with Gasteiger partial charge in [-0.05, 0) is 44.4 Å². The van der Waals surface area contributed by atoms with Gasteiger partial charge in [0.15, 0.2) is 0 Å². The van der Waals surface area contributed by atoms with Gasteiger partial charge in [0.1, 0.15) is 5.75 Å². The van der Waals surface area contributed by atoms with E-state index in [0.717, 1.165) is 29.7 Å². The minimum Gasteiger partial charge on any atom is -0.494 e. The van der Waals surface area contributed by atoms with Crippen LogP contribution in [0.3, 0.4) is 0 Å². The van der Waals surface area contributed by atoms with Crippen LogP contribution in [0.2, 0.25) is 0 Å². The fourth-order valence-electron chi connectivity index (χ4n) is 2.89. The van der Waals surface area contributed by atoms with Gasteiger partial charge in [-0.2, -0.15) is 0 Å². The molecule has 0 amide bonds. The largest absolute Gasteiger partial charge is 0.494 e. The summed E-state index contributed by atoms with van der Waals surface area (Å²) in [6, 6.07) is 6.02. The van der Waals surface area contributed by atoms with Crippen molar-refractivity contribution in [3.63, 3.8) is 0 Å². The van der Waals surface area contributed by atoms with Crippen molar-refractivity contribution < 1.29 is 8.95 Å². The van der Waals surface area contributed by atoms with Crippen molar-refractivity contribution in [2.45, 2.75) is 63.0 Å². The van der Waals surface area contributed by atoms with Crippen molar-refractivity contribution in [1.82, 2.24) is 0 Å². The molecule has 4 heteroatoms. The zero-order chi connectivity index (χ0) is 15.2. The van der Waals surface area contributed by atoms with E-state index in [1.165, 1.54) is 19.3 Å². The maximum absolute atomic E-state index is 12.6. The molecule has 3 nitrogen and oxygen atoms in total. The molecule has 2 rings (SSSR count). The van der Waals surface area contributed by atoms with Gasteiger partial charge >= 0.3 is 0 Å². The van der Waals surface area contributed by atoms with Crippen LogP contribution >= 0.6 is 0 Å². The van der Waals surface area contributed by atoms with Crippen molar-refractivity contribution in [3.05, 3.63) is 29.3 Å². The lowest BCUT2D eigenvalue weighted by Crippen LogP contribution is -2.20. The second kappa shape index (κ2) is 7.95. The highest BCUT2D eigenvalue weighted by atomic mass is 32.2. The van der Waals surface area contributed by atoms with Gasteiger partial charge in [-0.15, -0.1) is 0 Å². The first-order valence-corrected chi connectivity index (χ1v) is 9.38. The van der Waals surface area contributed by atoms with Gasteiger partial charge in [-0.3, -0.25) is 4.21 Å². The summed E-state index contributed by atoms with van der Waals surface area (Å²) in [6.45, 7) is 4.57. The van der Waals surface area contributed by atoms with E-state index in [1.807, 2.05) is 26.0 Å². The molecule has 0 heterocycles. The van der Waals surface area contributed by atoms with Gasteiger partial charge in [0.05, 0.1) is 12.4 Å². The van der Waals surface area contributed by atoms with E-state index in [9.17, 15) is 4.21 Å². The van der Waals surface area contributed by atoms with E-state index in [4.69, 9.17) is 10.5 Å². The molecule has 1 aromatic carbocycles. The van der Waals surface area contributed by atoms with Crippen LogP contribution in [0.15, 0.2) is 18.2 Å². The summed E-state index contributed by atoms with van der Waals surface area (Å²) >= 11 is 0. The first-order valence-electron chi connectivity index (χ1n) is 8.00. The molecule has 2 unspecified atom stereocenters. The number of hydrogen-bond acceptors (Lipinski definition) is 3. The van der Waals surface area contributed by atoms with Crippen LogP contribution < -0.4 is 10.5 Å². The van der Waals surface area contributed by atoms with Gasteiger partial charge in [-0.1, -0.05) is 25.3 Å². The van der Waals surface area contributed by atoms with Crippen LogP contribution in [0, 0.1) is 0 Å². The molecule has 1 saturated carbocycles. The first kappa shape index (κ1) is 16.5. The van der Waals surface area contributed by atoms with Crippen molar-refractivity contribution in [2.75, 3.05) is 6.61 Å². The van der Waals surface area contributed by atoms with E-state index in [-0.39, 0.29) is 6.04 Å². The molecule has 2 atom stereocenters. The fraction of sp³-hybridized carbons (Fsp3) is 0.647. The fourth-order valence-corrected chi connectivity index (χ4v) is 4.52. The summed E-state index contributed by atoms with van der Waals surface area (Å²) in [5.41, 5.74) is 8.08. The Labute approximate surface area is 130 Å². The van der Waals surface area contributed by atoms with Gasteiger partial charge in [0.2, 0.25) is 0 Å². The second-order valence-electron chi connectivity index (χ2n) is 5.87. The van der Waals surface area contributed by atoms with Crippen molar-refractivity contribution in [3.8, 4) is 5.75 Å². The Morgan fingerprint density at radius 3 is 2.67 bits per heavy atom. The standard InChI is InChI=1S/C17H27NO2S/c1-3-20-17-10-9-14(13(2)18)11-15(17)12-21(19)16-7-5-4-6-8-16/h9-11,13,16H,3-8,12,18H2,1-2H3. The summed E-state index contributed by atoms with van der Waals surface area (Å²) < 4.78 is 18.3. The summed E-state index contributed by atoms with van der Waals surface area (Å²) in [5, 5.41) is 0.354. The molecule has 0 spiro atoms. The molecule has 0 aromatic heterocycles. The Bertz CT molecular complexity index is 482. The average molecular weight is 309 g/mol. The molecule has 0 aliphatic heterocycles. The lowest BCUT2D eigenvalue weighted by Gasteiger charge is -2.22. The predicted molar refractivity (Wildman–Crippen MR) is 88.9 cm³/mol. The SMILES string of the molecule is CCOc1ccc(C(C)N)cc1CS(=O)C1CCCCC1. The highest BCUT2D eigenvalue weighted by Gasteiger charge is 2.21. The zero-order valence-electron chi connectivity index (χ0n) is 13.1. The normalized spacial score (nSPS) is 19.2. The van der Waals surface area contributed by atoms with Crippen molar-refractivity contribution in [1.29, 1.82) is 0 Å². The monoisotopic (exact) mass is 309 g/mol. The Balaban J connectivity index is 2.15. The third kappa shape index (κ3) is 4.55. The molecule has 21 heavy (non-hydrogen) atoms. The van der Waals surface area contributed by atoms with Crippen molar-refractivity contribution >= 4 is 10.8 Å². The number of ether oxygens (including phenoxy) is 1. The van der Waals surface area contributed by atoms with Crippen LogP contribution in [-0.4, -0.2) is 16.1 Å². The van der Waals surface area contributed by atoms with Crippen LogP contribution in [0.1, 0.15) is 63.1 Å². The van der Waals surface area contributed by atoms with Crippen LogP contribution in [0.25, 0.3) is 0 Å². The third-order valence-electron chi connectivity index (χ3n) is 4.13. The van der Waals surface area contributed by atoms with Gasteiger partial charge in [-0.25, -0.2) is 0 Å². The Morgan fingerprint density at radius 2 is 2.05 bits per heavy atom. The molecule has 0 saturated heterocycles. The molecule has 1 fully saturated rings. The molecular formula is C17H27NO2S. The van der Waals surface area contributed by atoms with E-state index >= 15 is 0 Å². The molecule has 0 bridgehead atoms. The molecule has 2 N–H and O–H groups in total.